The Balaban J connectivity index is 1.61. The summed E-state index contributed by atoms with van der Waals surface area (Å²) in [5.41, 5.74) is -0.695. The Morgan fingerprint density at radius 1 is 1.15 bits per heavy atom. The first kappa shape index (κ1) is 18.3. The maximum absolute atomic E-state index is 13.6. The van der Waals surface area contributed by atoms with Gasteiger partial charge >= 0.3 is 0 Å². The van der Waals surface area contributed by atoms with Gasteiger partial charge in [-0.15, -0.1) is 11.3 Å². The number of nitrogens with one attached hydrogen (secondary N) is 1. The number of hydrogen-bond donors (Lipinski definition) is 1. The number of amides is 3. The molecule has 134 valence electrons. The lowest BCUT2D eigenvalue weighted by Crippen LogP contribution is -2.37. The Morgan fingerprint density at radius 2 is 1.88 bits per heavy atom. The molecule has 0 unspecified atom stereocenters. The van der Waals surface area contributed by atoms with Crippen LogP contribution in [0.2, 0.25) is 0 Å². The molecule has 26 heavy (non-hydrogen) atoms. The maximum Gasteiger partial charge on any atom is 0.293 e. The van der Waals surface area contributed by atoms with E-state index in [0.29, 0.717) is 4.91 Å². The molecule has 2 heterocycles. The number of carbonyl (C=O) groups is 3. The summed E-state index contributed by atoms with van der Waals surface area (Å²) in [7, 11) is 0. The number of thiophene rings is 1. The SMILES string of the molecule is O=C(NCCN1C(=O)S/C(=C\c2cccs2)C1=O)c1c(F)cccc1F. The van der Waals surface area contributed by atoms with Gasteiger partial charge in [0.05, 0.1) is 4.91 Å². The number of imide groups is 1. The first-order valence-electron chi connectivity index (χ1n) is 7.48. The molecule has 1 N–H and O–H groups in total. The normalized spacial score (nSPS) is 15.8. The Kier molecular flexibility index (Phi) is 5.48. The Hall–Kier alpha value is -2.52. The zero-order valence-electron chi connectivity index (χ0n) is 13.2. The highest BCUT2D eigenvalue weighted by atomic mass is 32.2. The lowest BCUT2D eigenvalue weighted by atomic mass is 10.2. The molecule has 0 bridgehead atoms. The van der Waals surface area contributed by atoms with Crippen LogP contribution < -0.4 is 5.32 Å². The van der Waals surface area contributed by atoms with Crippen LogP contribution in [0.4, 0.5) is 13.6 Å². The molecule has 1 aliphatic heterocycles. The van der Waals surface area contributed by atoms with Crippen LogP contribution in [0, 0.1) is 11.6 Å². The summed E-state index contributed by atoms with van der Waals surface area (Å²) in [6.45, 7) is -0.203. The van der Waals surface area contributed by atoms with Crippen LogP contribution in [-0.4, -0.2) is 35.0 Å². The van der Waals surface area contributed by atoms with Gasteiger partial charge in [0.25, 0.3) is 17.1 Å². The molecule has 0 saturated carbocycles. The van der Waals surface area contributed by atoms with E-state index in [0.717, 1.165) is 39.7 Å². The quantitative estimate of drug-likeness (QED) is 0.789. The van der Waals surface area contributed by atoms with Crippen molar-refractivity contribution in [1.82, 2.24) is 10.2 Å². The van der Waals surface area contributed by atoms with Gasteiger partial charge in [-0.2, -0.15) is 0 Å². The zero-order valence-corrected chi connectivity index (χ0v) is 14.8. The number of hydrogen-bond acceptors (Lipinski definition) is 5. The summed E-state index contributed by atoms with van der Waals surface area (Å²) in [6.07, 6.45) is 1.63. The highest BCUT2D eigenvalue weighted by Gasteiger charge is 2.34. The highest BCUT2D eigenvalue weighted by molar-refractivity contribution is 8.18. The van der Waals surface area contributed by atoms with Crippen molar-refractivity contribution >= 4 is 46.2 Å². The molecule has 1 aromatic carbocycles. The summed E-state index contributed by atoms with van der Waals surface area (Å²) in [6, 6.07) is 6.76. The summed E-state index contributed by atoms with van der Waals surface area (Å²) >= 11 is 2.25. The summed E-state index contributed by atoms with van der Waals surface area (Å²) in [4.78, 5) is 38.3. The van der Waals surface area contributed by atoms with Crippen molar-refractivity contribution in [3.05, 3.63) is 62.7 Å². The number of benzene rings is 1. The van der Waals surface area contributed by atoms with E-state index >= 15 is 0 Å². The van der Waals surface area contributed by atoms with E-state index in [2.05, 4.69) is 5.32 Å². The van der Waals surface area contributed by atoms with Crippen molar-refractivity contribution in [2.24, 2.45) is 0 Å². The minimum atomic E-state index is -0.979. The molecule has 5 nitrogen and oxygen atoms in total. The lowest BCUT2D eigenvalue weighted by molar-refractivity contribution is -0.122. The van der Waals surface area contributed by atoms with Crippen LogP contribution in [-0.2, 0) is 4.79 Å². The highest BCUT2D eigenvalue weighted by Crippen LogP contribution is 2.32. The van der Waals surface area contributed by atoms with Gasteiger partial charge in [0.1, 0.15) is 17.2 Å². The second kappa shape index (κ2) is 7.79. The van der Waals surface area contributed by atoms with Gasteiger partial charge in [0.2, 0.25) is 0 Å². The topological polar surface area (TPSA) is 66.5 Å². The predicted octanol–water partition coefficient (Wildman–Crippen LogP) is 3.49. The minimum Gasteiger partial charge on any atom is -0.350 e. The molecule has 1 aromatic heterocycles. The van der Waals surface area contributed by atoms with Gasteiger partial charge in [-0.3, -0.25) is 19.3 Å². The van der Waals surface area contributed by atoms with Gasteiger partial charge in [-0.05, 0) is 41.4 Å². The fourth-order valence-corrected chi connectivity index (χ4v) is 3.87. The summed E-state index contributed by atoms with van der Waals surface area (Å²) in [5, 5.41) is 3.72. The third kappa shape index (κ3) is 3.83. The largest absolute Gasteiger partial charge is 0.350 e. The fraction of sp³-hybridized carbons (Fsp3) is 0.118. The molecule has 0 atom stereocenters. The number of rotatable bonds is 5. The zero-order chi connectivity index (χ0) is 18.7. The van der Waals surface area contributed by atoms with Gasteiger partial charge in [0.15, 0.2) is 0 Å². The average Bonchev–Trinajstić information content (AvgIpc) is 3.18. The number of nitrogens with zero attached hydrogens (tertiary/aromatic N) is 1. The van der Waals surface area contributed by atoms with E-state index in [-0.39, 0.29) is 13.1 Å². The van der Waals surface area contributed by atoms with E-state index in [1.165, 1.54) is 11.3 Å². The maximum atomic E-state index is 13.6. The molecular formula is C17H12F2N2O3S2. The van der Waals surface area contributed by atoms with Gasteiger partial charge in [-0.1, -0.05) is 12.1 Å². The second-order valence-corrected chi connectivity index (χ2v) is 7.17. The van der Waals surface area contributed by atoms with Crippen molar-refractivity contribution in [2.45, 2.75) is 0 Å². The lowest BCUT2D eigenvalue weighted by Gasteiger charge is -2.13. The van der Waals surface area contributed by atoms with Crippen LogP contribution >= 0.6 is 23.1 Å². The molecule has 1 aliphatic rings. The third-order valence-corrected chi connectivity index (χ3v) is 5.23. The van der Waals surface area contributed by atoms with Crippen LogP contribution in [0.5, 0.6) is 0 Å². The first-order valence-corrected chi connectivity index (χ1v) is 9.18. The van der Waals surface area contributed by atoms with Gasteiger partial charge in [-0.25, -0.2) is 8.78 Å². The molecule has 9 heteroatoms. The van der Waals surface area contributed by atoms with E-state index in [1.54, 1.807) is 6.08 Å². The van der Waals surface area contributed by atoms with Crippen LogP contribution in [0.25, 0.3) is 6.08 Å². The Bertz CT molecular complexity index is 877. The molecule has 0 spiro atoms. The molecule has 1 fully saturated rings. The molecule has 0 aliphatic carbocycles. The Morgan fingerprint density at radius 3 is 2.54 bits per heavy atom. The Labute approximate surface area is 155 Å². The van der Waals surface area contributed by atoms with Crippen LogP contribution in [0.1, 0.15) is 15.2 Å². The minimum absolute atomic E-state index is 0.0890. The third-order valence-electron chi connectivity index (χ3n) is 3.50. The molecule has 3 amide bonds. The van der Waals surface area contributed by atoms with Crippen molar-refractivity contribution < 1.29 is 23.2 Å². The van der Waals surface area contributed by atoms with E-state index < -0.39 is 34.3 Å². The van der Waals surface area contributed by atoms with Crippen molar-refractivity contribution in [3.8, 4) is 0 Å². The average molecular weight is 394 g/mol. The van der Waals surface area contributed by atoms with Crippen molar-refractivity contribution in [1.29, 1.82) is 0 Å². The standard InChI is InChI=1S/C17H12F2N2O3S2/c18-11-4-1-5-12(19)14(11)15(22)20-6-7-21-16(23)13(26-17(21)24)9-10-3-2-8-25-10/h1-5,8-9H,6-7H2,(H,20,22)/b13-9-. The van der Waals surface area contributed by atoms with E-state index in [9.17, 15) is 23.2 Å². The number of halogens is 2. The molecular weight excluding hydrogens is 382 g/mol. The molecule has 3 rings (SSSR count). The molecule has 2 aromatic rings. The van der Waals surface area contributed by atoms with Gasteiger partial charge < -0.3 is 5.32 Å². The van der Waals surface area contributed by atoms with Crippen LogP contribution in [0.15, 0.2) is 40.6 Å². The summed E-state index contributed by atoms with van der Waals surface area (Å²) < 4.78 is 27.1. The monoisotopic (exact) mass is 394 g/mol. The number of thioether (sulfide) groups is 1. The predicted molar refractivity (Wildman–Crippen MR) is 95.7 cm³/mol. The second-order valence-electron chi connectivity index (χ2n) is 5.20. The van der Waals surface area contributed by atoms with Gasteiger partial charge in [0, 0.05) is 18.0 Å². The fourth-order valence-electron chi connectivity index (χ4n) is 2.28. The summed E-state index contributed by atoms with van der Waals surface area (Å²) in [5.74, 6) is -3.36. The smallest absolute Gasteiger partial charge is 0.293 e. The number of carbonyl (C=O) groups excluding carboxylic acids is 3. The van der Waals surface area contributed by atoms with E-state index in [4.69, 9.17) is 0 Å². The van der Waals surface area contributed by atoms with Crippen molar-refractivity contribution in [3.63, 3.8) is 0 Å². The molecule has 1 saturated heterocycles. The van der Waals surface area contributed by atoms with Crippen molar-refractivity contribution in [2.75, 3.05) is 13.1 Å². The molecule has 0 radical (unpaired) electrons. The first-order chi connectivity index (χ1) is 12.5. The van der Waals surface area contributed by atoms with Crippen LogP contribution in [0.3, 0.4) is 0 Å². The van der Waals surface area contributed by atoms with E-state index in [1.807, 2.05) is 17.5 Å².